The Labute approximate surface area is 482 Å². The summed E-state index contributed by atoms with van der Waals surface area (Å²) in [5.74, 6) is -0.904. The lowest BCUT2D eigenvalue weighted by Crippen LogP contribution is -2.30. The summed E-state index contributed by atoms with van der Waals surface area (Å²) in [6.45, 7) is 6.45. The average Bonchev–Trinajstić information content (AvgIpc) is 3.44. The lowest BCUT2D eigenvalue weighted by atomic mass is 10.0. The molecule has 0 aliphatic carbocycles. The van der Waals surface area contributed by atoms with Crippen molar-refractivity contribution in [2.75, 3.05) is 13.2 Å². The van der Waals surface area contributed by atoms with E-state index in [-0.39, 0.29) is 31.1 Å². The van der Waals surface area contributed by atoms with Crippen LogP contribution in [0.25, 0.3) is 0 Å². The Morgan fingerprint density at radius 1 is 0.269 bits per heavy atom. The number of allylic oxidation sites excluding steroid dienone is 18. The summed E-state index contributed by atoms with van der Waals surface area (Å²) in [6.07, 6.45) is 89.6. The van der Waals surface area contributed by atoms with Crippen molar-refractivity contribution in [1.29, 1.82) is 0 Å². The van der Waals surface area contributed by atoms with Gasteiger partial charge in [0.2, 0.25) is 0 Å². The highest BCUT2D eigenvalue weighted by Gasteiger charge is 2.19. The molecule has 0 spiro atoms. The molecule has 6 heteroatoms. The molecule has 0 aromatic rings. The van der Waals surface area contributed by atoms with E-state index in [4.69, 9.17) is 14.2 Å². The van der Waals surface area contributed by atoms with Gasteiger partial charge in [0.05, 0.1) is 0 Å². The molecule has 0 fully saturated rings. The van der Waals surface area contributed by atoms with Crippen LogP contribution in [-0.2, 0) is 28.6 Å². The number of hydrogen-bond donors (Lipinski definition) is 0. The summed E-state index contributed by atoms with van der Waals surface area (Å²) in [4.78, 5) is 38.3. The smallest absolute Gasteiger partial charge is 0.306 e. The number of carbonyl (C=O) groups is 3. The minimum atomic E-state index is -0.790. The van der Waals surface area contributed by atoms with Gasteiger partial charge in [0.15, 0.2) is 6.10 Å². The van der Waals surface area contributed by atoms with Gasteiger partial charge in [-0.15, -0.1) is 0 Å². The molecule has 0 aliphatic heterocycles. The second kappa shape index (κ2) is 65.6. The number of unbranched alkanes of at least 4 members (excludes halogenated alkanes) is 30. The van der Waals surface area contributed by atoms with Crippen LogP contribution in [0.2, 0.25) is 0 Å². The number of esters is 3. The second-order valence-electron chi connectivity index (χ2n) is 21.6. The maximum Gasteiger partial charge on any atom is 0.306 e. The van der Waals surface area contributed by atoms with Gasteiger partial charge in [-0.05, 0) is 122 Å². The standard InChI is InChI=1S/C72H122O6/c1-4-7-10-13-16-19-22-24-26-28-30-32-34-35-36-37-39-40-42-44-46-48-50-53-56-59-62-65-71(74)77-68-69(67-76-70(73)64-61-58-55-52-21-18-15-12-9-6-3)78-72(75)66-63-60-57-54-51-49-47-45-43-41-38-33-31-29-27-25-23-20-17-14-11-8-5-2/h8,11-12,15,17,20,22,24-25,27-28,30-31,33-35,41,43,69H,4-7,9-10,13-14,16,18-19,21,23,26,29,32,36-40,42,44-68H2,1-3H3/b11-8-,15-12-,20-17-,24-22-,27-25-,30-28-,33-31-,35-34-,43-41-. The highest BCUT2D eigenvalue weighted by molar-refractivity contribution is 5.71. The summed E-state index contributed by atoms with van der Waals surface area (Å²) >= 11 is 0. The molecule has 0 saturated carbocycles. The first-order valence-corrected chi connectivity index (χ1v) is 32.9. The molecule has 446 valence electrons. The first-order chi connectivity index (χ1) is 38.5. The molecule has 78 heavy (non-hydrogen) atoms. The zero-order valence-corrected chi connectivity index (χ0v) is 51.2. The van der Waals surface area contributed by atoms with Gasteiger partial charge in [-0.2, -0.15) is 0 Å². The number of carbonyl (C=O) groups excluding carboxylic acids is 3. The van der Waals surface area contributed by atoms with Crippen LogP contribution in [0.15, 0.2) is 109 Å². The number of rotatable bonds is 59. The molecule has 0 aromatic heterocycles. The van der Waals surface area contributed by atoms with Crippen LogP contribution < -0.4 is 0 Å². The Bertz CT molecular complexity index is 1570. The fourth-order valence-corrected chi connectivity index (χ4v) is 9.07. The van der Waals surface area contributed by atoms with Crippen LogP contribution in [0.4, 0.5) is 0 Å². The van der Waals surface area contributed by atoms with E-state index in [9.17, 15) is 14.4 Å². The van der Waals surface area contributed by atoms with E-state index in [1.54, 1.807) is 0 Å². The summed E-state index contributed by atoms with van der Waals surface area (Å²) in [6, 6.07) is 0. The Morgan fingerprint density at radius 3 is 0.846 bits per heavy atom. The van der Waals surface area contributed by atoms with Gasteiger partial charge in [-0.3, -0.25) is 14.4 Å². The maximum absolute atomic E-state index is 12.9. The third kappa shape index (κ3) is 62.9. The van der Waals surface area contributed by atoms with Crippen molar-refractivity contribution in [3.63, 3.8) is 0 Å². The molecule has 0 bridgehead atoms. The molecule has 0 saturated heterocycles. The molecule has 6 nitrogen and oxygen atoms in total. The van der Waals surface area contributed by atoms with E-state index in [0.717, 1.165) is 128 Å². The number of hydrogen-bond acceptors (Lipinski definition) is 6. The fourth-order valence-electron chi connectivity index (χ4n) is 9.07. The summed E-state index contributed by atoms with van der Waals surface area (Å²) < 4.78 is 16.9. The molecule has 0 N–H and O–H groups in total. The van der Waals surface area contributed by atoms with Crippen molar-refractivity contribution >= 4 is 17.9 Å². The molecule has 0 rings (SSSR count). The Balaban J connectivity index is 4.26. The van der Waals surface area contributed by atoms with Gasteiger partial charge in [-0.25, -0.2) is 0 Å². The lowest BCUT2D eigenvalue weighted by molar-refractivity contribution is -0.167. The van der Waals surface area contributed by atoms with E-state index in [1.165, 1.54) is 141 Å². The van der Waals surface area contributed by atoms with Crippen molar-refractivity contribution < 1.29 is 28.6 Å². The third-order valence-electron chi connectivity index (χ3n) is 14.0. The Morgan fingerprint density at radius 2 is 0.526 bits per heavy atom. The van der Waals surface area contributed by atoms with E-state index < -0.39 is 6.10 Å². The van der Waals surface area contributed by atoms with E-state index in [2.05, 4.69) is 130 Å². The zero-order chi connectivity index (χ0) is 56.4. The highest BCUT2D eigenvalue weighted by atomic mass is 16.6. The Kier molecular flexibility index (Phi) is 62.3. The minimum Gasteiger partial charge on any atom is -0.462 e. The molecule has 0 aromatic carbocycles. The second-order valence-corrected chi connectivity index (χ2v) is 21.6. The van der Waals surface area contributed by atoms with Gasteiger partial charge < -0.3 is 14.2 Å². The van der Waals surface area contributed by atoms with Crippen LogP contribution >= 0.6 is 0 Å². The monoisotopic (exact) mass is 1080 g/mol. The molecule has 0 heterocycles. The summed E-state index contributed by atoms with van der Waals surface area (Å²) in [5, 5.41) is 0. The first-order valence-electron chi connectivity index (χ1n) is 32.9. The quantitative estimate of drug-likeness (QED) is 0.0261. The predicted molar refractivity (Wildman–Crippen MR) is 339 cm³/mol. The molecular formula is C72H122O6. The van der Waals surface area contributed by atoms with E-state index in [0.29, 0.717) is 19.3 Å². The summed E-state index contributed by atoms with van der Waals surface area (Å²) in [5.41, 5.74) is 0. The zero-order valence-electron chi connectivity index (χ0n) is 51.2. The SMILES string of the molecule is CC/C=C\C/C=C\C/C=C\C/C=C\C/C=C\CCCCCCCCCC(=O)OC(COC(=O)CCCCCCC/C=C\CCC)COC(=O)CCCCCCCCCCCCCC/C=C\C/C=C\C/C=C\CCCCCCC. The van der Waals surface area contributed by atoms with Crippen molar-refractivity contribution in [3.05, 3.63) is 109 Å². The summed E-state index contributed by atoms with van der Waals surface area (Å²) in [7, 11) is 0. The number of ether oxygens (including phenoxy) is 3. The molecular weight excluding hydrogens is 961 g/mol. The fraction of sp³-hybridized carbons (Fsp3) is 0.708. The van der Waals surface area contributed by atoms with Crippen molar-refractivity contribution in [3.8, 4) is 0 Å². The van der Waals surface area contributed by atoms with Gasteiger partial charge in [0.25, 0.3) is 0 Å². The van der Waals surface area contributed by atoms with Crippen molar-refractivity contribution in [2.24, 2.45) is 0 Å². The predicted octanol–water partition coefficient (Wildman–Crippen LogP) is 22.6. The third-order valence-corrected chi connectivity index (χ3v) is 14.0. The van der Waals surface area contributed by atoms with Crippen LogP contribution in [0.3, 0.4) is 0 Å². The van der Waals surface area contributed by atoms with Gasteiger partial charge in [-0.1, -0.05) is 278 Å². The average molecular weight is 1080 g/mol. The van der Waals surface area contributed by atoms with Gasteiger partial charge in [0, 0.05) is 19.3 Å². The molecule has 1 unspecified atom stereocenters. The largest absolute Gasteiger partial charge is 0.462 e. The van der Waals surface area contributed by atoms with Gasteiger partial charge in [0.1, 0.15) is 13.2 Å². The minimum absolute atomic E-state index is 0.0864. The highest BCUT2D eigenvalue weighted by Crippen LogP contribution is 2.16. The van der Waals surface area contributed by atoms with Crippen LogP contribution in [0, 0.1) is 0 Å². The topological polar surface area (TPSA) is 78.9 Å². The van der Waals surface area contributed by atoms with E-state index >= 15 is 0 Å². The Hall–Kier alpha value is -3.93. The lowest BCUT2D eigenvalue weighted by Gasteiger charge is -2.18. The normalized spacial score (nSPS) is 12.8. The van der Waals surface area contributed by atoms with Crippen LogP contribution in [0.5, 0.6) is 0 Å². The van der Waals surface area contributed by atoms with Crippen LogP contribution in [0.1, 0.15) is 310 Å². The maximum atomic E-state index is 12.9. The molecule has 0 aliphatic rings. The molecule has 1 atom stereocenters. The van der Waals surface area contributed by atoms with Crippen molar-refractivity contribution in [2.45, 2.75) is 316 Å². The van der Waals surface area contributed by atoms with E-state index in [1.807, 2.05) is 0 Å². The first kappa shape index (κ1) is 74.1. The van der Waals surface area contributed by atoms with Crippen LogP contribution in [-0.4, -0.2) is 37.2 Å². The molecule has 0 radical (unpaired) electrons. The molecule has 0 amide bonds. The van der Waals surface area contributed by atoms with Gasteiger partial charge >= 0.3 is 17.9 Å². The van der Waals surface area contributed by atoms with Crippen molar-refractivity contribution in [1.82, 2.24) is 0 Å².